The Morgan fingerprint density at radius 2 is 1.60 bits per heavy atom. The molecule has 29 valence electrons. The summed E-state index contributed by atoms with van der Waals surface area (Å²) in [5, 5.41) is 0. The van der Waals surface area contributed by atoms with Crippen LogP contribution >= 0.6 is 0 Å². The standard InChI is InChI=1S/C4H9N/c1-4-5(2)3/h1-3H3/q+1. The Bertz CT molecular complexity index is 41.6. The lowest BCUT2D eigenvalue weighted by Gasteiger charge is -1.70. The highest BCUT2D eigenvalue weighted by Gasteiger charge is 1.67. The number of nitrogens with zero attached hydrogens (tertiary/aromatic N) is 1. The van der Waals surface area contributed by atoms with Gasteiger partial charge in [0.15, 0.2) is 0 Å². The summed E-state index contributed by atoms with van der Waals surface area (Å²) < 4.78 is 1.88. The van der Waals surface area contributed by atoms with E-state index in [4.69, 9.17) is 0 Å². The van der Waals surface area contributed by atoms with E-state index in [2.05, 4.69) is 6.21 Å². The molecule has 0 aromatic carbocycles. The van der Waals surface area contributed by atoms with Crippen molar-refractivity contribution in [3.05, 3.63) is 0 Å². The first-order valence-corrected chi connectivity index (χ1v) is 1.62. The predicted octanol–water partition coefficient (Wildman–Crippen LogP) is 0.226. The molecule has 0 bridgehead atoms. The van der Waals surface area contributed by atoms with E-state index in [9.17, 15) is 0 Å². The third-order valence-electron chi connectivity index (χ3n) is 0.447. The third kappa shape index (κ3) is 3.67. The van der Waals surface area contributed by atoms with Gasteiger partial charge in [-0.3, -0.25) is 0 Å². The van der Waals surface area contributed by atoms with Crippen molar-refractivity contribution in [2.45, 2.75) is 6.92 Å². The van der Waals surface area contributed by atoms with Gasteiger partial charge in [0.1, 0.15) is 14.1 Å². The lowest BCUT2D eigenvalue weighted by molar-refractivity contribution is -0.459. The first-order valence-electron chi connectivity index (χ1n) is 1.62. The summed E-state index contributed by atoms with van der Waals surface area (Å²) in [5.41, 5.74) is 0. The van der Waals surface area contributed by atoms with E-state index in [0.717, 1.165) is 0 Å². The Morgan fingerprint density at radius 1 is 1.40 bits per heavy atom. The van der Waals surface area contributed by atoms with Crippen molar-refractivity contribution < 1.29 is 4.58 Å². The Morgan fingerprint density at radius 3 is 1.60 bits per heavy atom. The van der Waals surface area contributed by atoms with E-state index in [1.165, 1.54) is 0 Å². The maximum Gasteiger partial charge on any atom is 0.239 e. The van der Waals surface area contributed by atoms with Gasteiger partial charge in [0.05, 0.1) is 0 Å². The van der Waals surface area contributed by atoms with Crippen LogP contribution in [0.2, 0.25) is 0 Å². The molecule has 5 heavy (non-hydrogen) atoms. The van der Waals surface area contributed by atoms with E-state index < -0.39 is 0 Å². The molecule has 0 aromatic rings. The lowest BCUT2D eigenvalue weighted by Crippen LogP contribution is -1.93. The maximum absolute atomic E-state index is 2.86. The van der Waals surface area contributed by atoms with Gasteiger partial charge >= 0.3 is 0 Å². The zero-order valence-corrected chi connectivity index (χ0v) is 3.95. The molecule has 0 saturated heterocycles. The van der Waals surface area contributed by atoms with Gasteiger partial charge < -0.3 is 0 Å². The van der Waals surface area contributed by atoms with Crippen molar-refractivity contribution in [3.8, 4) is 0 Å². The van der Waals surface area contributed by atoms with Gasteiger partial charge in [-0.15, -0.1) is 0 Å². The molecule has 0 aromatic heterocycles. The van der Waals surface area contributed by atoms with Crippen LogP contribution in [-0.2, 0) is 0 Å². The minimum atomic E-state index is 1.88. The molecule has 0 rings (SSSR count). The first kappa shape index (κ1) is 4.67. The molecular weight excluding hydrogens is 62.1 g/mol. The van der Waals surface area contributed by atoms with Crippen molar-refractivity contribution in [2.24, 2.45) is 0 Å². The van der Waals surface area contributed by atoms with Gasteiger partial charge in [0, 0.05) is 6.92 Å². The molecule has 0 atom stereocenters. The van der Waals surface area contributed by atoms with Crippen LogP contribution in [0.25, 0.3) is 0 Å². The molecule has 0 spiro atoms. The Labute approximate surface area is 32.9 Å². The highest BCUT2D eigenvalue weighted by atomic mass is 14.9. The van der Waals surface area contributed by atoms with Crippen molar-refractivity contribution in [1.82, 2.24) is 0 Å². The van der Waals surface area contributed by atoms with Crippen LogP contribution in [0.5, 0.6) is 0 Å². The monoisotopic (exact) mass is 71.1 g/mol. The molecule has 0 aliphatic heterocycles. The van der Waals surface area contributed by atoms with E-state index in [0.29, 0.717) is 0 Å². The van der Waals surface area contributed by atoms with Crippen LogP contribution in [-0.4, -0.2) is 24.9 Å². The van der Waals surface area contributed by atoms with Crippen molar-refractivity contribution in [2.75, 3.05) is 14.1 Å². The summed E-state index contributed by atoms with van der Waals surface area (Å²) in [6.07, 6.45) is 2.86. The summed E-state index contributed by atoms with van der Waals surface area (Å²) in [4.78, 5) is 0. The molecule has 1 radical (unpaired) electrons. The summed E-state index contributed by atoms with van der Waals surface area (Å²) >= 11 is 0. The van der Waals surface area contributed by atoms with Crippen LogP contribution in [0.3, 0.4) is 0 Å². The summed E-state index contributed by atoms with van der Waals surface area (Å²) in [5.74, 6) is 0. The fraction of sp³-hybridized carbons (Fsp3) is 0.750. The van der Waals surface area contributed by atoms with Gasteiger partial charge in [-0.2, -0.15) is 0 Å². The second-order valence-corrected chi connectivity index (χ2v) is 1.12. The minimum absolute atomic E-state index is 1.88. The first-order chi connectivity index (χ1) is 2.27. The van der Waals surface area contributed by atoms with Crippen LogP contribution < -0.4 is 0 Å². The van der Waals surface area contributed by atoms with E-state index in [1.54, 1.807) is 0 Å². The minimum Gasteiger partial charge on any atom is -0.234 e. The summed E-state index contributed by atoms with van der Waals surface area (Å²) in [7, 11) is 3.89. The molecule has 1 nitrogen and oxygen atoms in total. The van der Waals surface area contributed by atoms with E-state index >= 15 is 0 Å². The van der Waals surface area contributed by atoms with E-state index in [-0.39, 0.29) is 0 Å². The highest BCUT2D eigenvalue weighted by molar-refractivity contribution is 5.46. The normalized spacial score (nSPS) is 7.00. The predicted molar refractivity (Wildman–Crippen MR) is 22.8 cm³/mol. The molecule has 0 aliphatic rings. The average molecular weight is 71.1 g/mol. The molecule has 0 amide bonds. The second kappa shape index (κ2) is 1.94. The number of hydrogen-bond acceptors (Lipinski definition) is 0. The third-order valence-corrected chi connectivity index (χ3v) is 0.447. The average Bonchev–Trinajstić information content (AvgIpc) is 1.38. The smallest absolute Gasteiger partial charge is 0.234 e. The fourth-order valence-corrected chi connectivity index (χ4v) is 0. The van der Waals surface area contributed by atoms with Crippen LogP contribution in [0.15, 0.2) is 0 Å². The molecule has 1 heteroatoms. The Hall–Kier alpha value is -0.330. The van der Waals surface area contributed by atoms with Crippen molar-refractivity contribution in [3.63, 3.8) is 0 Å². The maximum atomic E-state index is 2.86. The fourth-order valence-electron chi connectivity index (χ4n) is 0. The van der Waals surface area contributed by atoms with Gasteiger partial charge in [-0.05, 0) is 0 Å². The van der Waals surface area contributed by atoms with Gasteiger partial charge in [-0.1, -0.05) is 0 Å². The quantitative estimate of drug-likeness (QED) is 0.284. The van der Waals surface area contributed by atoms with Crippen LogP contribution in [0.4, 0.5) is 0 Å². The molecule has 0 saturated carbocycles. The largest absolute Gasteiger partial charge is 0.239 e. The molecule has 0 heterocycles. The van der Waals surface area contributed by atoms with Crippen molar-refractivity contribution in [1.29, 1.82) is 0 Å². The number of hydrogen-bond donors (Lipinski definition) is 0. The summed E-state index contributed by atoms with van der Waals surface area (Å²) in [6, 6.07) is 0. The second-order valence-electron chi connectivity index (χ2n) is 1.12. The zero-order valence-electron chi connectivity index (χ0n) is 3.95. The molecule has 0 unspecified atom stereocenters. The molecule has 0 fully saturated rings. The zero-order chi connectivity index (χ0) is 4.28. The molecule has 0 N–H and O–H groups in total. The van der Waals surface area contributed by atoms with Crippen LogP contribution in [0.1, 0.15) is 6.92 Å². The molecule has 0 aliphatic carbocycles. The summed E-state index contributed by atoms with van der Waals surface area (Å²) in [6.45, 7) is 1.88. The van der Waals surface area contributed by atoms with Gasteiger partial charge in [0.25, 0.3) is 0 Å². The Kier molecular flexibility index (Phi) is 1.81. The number of rotatable bonds is 0. The Balaban J connectivity index is 3.14. The van der Waals surface area contributed by atoms with Gasteiger partial charge in [0.2, 0.25) is 6.21 Å². The van der Waals surface area contributed by atoms with E-state index in [1.807, 2.05) is 25.6 Å². The van der Waals surface area contributed by atoms with Gasteiger partial charge in [-0.25, -0.2) is 4.58 Å². The SMILES string of the molecule is C[C]=[N+](C)C. The topological polar surface area (TPSA) is 3.01 Å². The van der Waals surface area contributed by atoms with Crippen LogP contribution in [0, 0.1) is 0 Å². The highest BCUT2D eigenvalue weighted by Crippen LogP contribution is 1.43. The lowest BCUT2D eigenvalue weighted by atomic mass is 10.8. The molecular formula is C4H9N+. The van der Waals surface area contributed by atoms with Crippen molar-refractivity contribution >= 4 is 6.21 Å².